The fourth-order valence-corrected chi connectivity index (χ4v) is 5.83. The molecule has 0 aliphatic heterocycles. The molecule has 0 saturated heterocycles. The van der Waals surface area contributed by atoms with E-state index in [1.54, 1.807) is 0 Å². The smallest absolute Gasteiger partial charge is 0.0106 e. The van der Waals surface area contributed by atoms with Crippen molar-refractivity contribution in [1.82, 2.24) is 0 Å². The van der Waals surface area contributed by atoms with Crippen LogP contribution in [0.25, 0.3) is 21.5 Å². The van der Waals surface area contributed by atoms with Crippen LogP contribution in [0.4, 0.5) is 0 Å². The van der Waals surface area contributed by atoms with Gasteiger partial charge in [-0.3, -0.25) is 0 Å². The highest BCUT2D eigenvalue weighted by Gasteiger charge is 2.19. The van der Waals surface area contributed by atoms with Crippen molar-refractivity contribution in [2.24, 2.45) is 0 Å². The number of hydrogen-bond donors (Lipinski definition) is 0. The molecule has 0 aliphatic carbocycles. The molecule has 0 N–H and O–H groups in total. The molecule has 0 fully saturated rings. The molecule has 5 rings (SSSR count). The Hall–Kier alpha value is -3.38. The number of benzene rings is 5. The van der Waals surface area contributed by atoms with Crippen LogP contribution in [-0.4, -0.2) is 0 Å². The van der Waals surface area contributed by atoms with E-state index in [4.69, 9.17) is 0 Å². The van der Waals surface area contributed by atoms with E-state index in [2.05, 4.69) is 132 Å². The van der Waals surface area contributed by atoms with Gasteiger partial charge in [0.25, 0.3) is 0 Å². The standard InChI is InChI=1S/C37H40/c1-6-37(4,5)31-22-17-28(18-23-31)25-30(29-19-15-26(2)16-20-29)21-24-36-34-13-9-7-11-32(34)27(3)33-12-8-10-14-35(33)36/h7-20,22-23,30H,6,21,24-25H2,1-5H3. The van der Waals surface area contributed by atoms with Crippen molar-refractivity contribution in [3.05, 3.63) is 130 Å². The van der Waals surface area contributed by atoms with E-state index >= 15 is 0 Å². The fraction of sp³-hybridized carbons (Fsp3) is 0.297. The average molecular weight is 485 g/mol. The minimum atomic E-state index is 0.225. The number of hydrogen-bond acceptors (Lipinski definition) is 0. The van der Waals surface area contributed by atoms with Gasteiger partial charge in [-0.05, 0) is 100 Å². The molecule has 0 heteroatoms. The van der Waals surface area contributed by atoms with Gasteiger partial charge in [0, 0.05) is 0 Å². The molecule has 0 saturated carbocycles. The lowest BCUT2D eigenvalue weighted by Gasteiger charge is -2.24. The van der Waals surface area contributed by atoms with E-state index in [-0.39, 0.29) is 5.41 Å². The van der Waals surface area contributed by atoms with Crippen molar-refractivity contribution in [3.63, 3.8) is 0 Å². The monoisotopic (exact) mass is 484 g/mol. The summed E-state index contributed by atoms with van der Waals surface area (Å²) in [6.07, 6.45) is 4.41. The summed E-state index contributed by atoms with van der Waals surface area (Å²) in [5.41, 5.74) is 8.74. The Morgan fingerprint density at radius 3 is 1.73 bits per heavy atom. The molecule has 1 unspecified atom stereocenters. The number of fused-ring (bicyclic) bond motifs is 2. The summed E-state index contributed by atoms with van der Waals surface area (Å²) in [5.74, 6) is 0.476. The summed E-state index contributed by atoms with van der Waals surface area (Å²) >= 11 is 0. The van der Waals surface area contributed by atoms with Gasteiger partial charge in [-0.2, -0.15) is 0 Å². The lowest BCUT2D eigenvalue weighted by molar-refractivity contribution is 0.506. The average Bonchev–Trinajstić information content (AvgIpc) is 2.93. The first-order chi connectivity index (χ1) is 17.9. The Morgan fingerprint density at radius 1 is 0.649 bits per heavy atom. The second-order valence-corrected chi connectivity index (χ2v) is 11.5. The Morgan fingerprint density at radius 2 is 1.19 bits per heavy atom. The third-order valence-corrected chi connectivity index (χ3v) is 8.71. The van der Waals surface area contributed by atoms with Crippen molar-refractivity contribution >= 4 is 21.5 Å². The van der Waals surface area contributed by atoms with Crippen molar-refractivity contribution in [2.45, 2.75) is 71.6 Å². The van der Waals surface area contributed by atoms with Crippen LogP contribution in [0.1, 0.15) is 72.9 Å². The summed E-state index contributed by atoms with van der Waals surface area (Å²) in [6, 6.07) is 36.6. The molecule has 0 heterocycles. The third-order valence-electron chi connectivity index (χ3n) is 8.71. The minimum absolute atomic E-state index is 0.225. The van der Waals surface area contributed by atoms with Crippen LogP contribution in [0.5, 0.6) is 0 Å². The lowest BCUT2D eigenvalue weighted by atomic mass is 9.81. The zero-order valence-electron chi connectivity index (χ0n) is 23.1. The topological polar surface area (TPSA) is 0 Å². The molecule has 5 aromatic carbocycles. The SMILES string of the molecule is CCC(C)(C)c1ccc(CC(CCc2c3ccccc3c(C)c3ccccc23)c2ccc(C)cc2)cc1. The van der Waals surface area contributed by atoms with Crippen molar-refractivity contribution < 1.29 is 0 Å². The number of rotatable bonds is 8. The highest BCUT2D eigenvalue weighted by atomic mass is 14.2. The highest BCUT2D eigenvalue weighted by molar-refractivity contribution is 6.05. The van der Waals surface area contributed by atoms with Crippen LogP contribution in [0.15, 0.2) is 97.1 Å². The van der Waals surface area contributed by atoms with Crippen LogP contribution < -0.4 is 0 Å². The van der Waals surface area contributed by atoms with Crippen LogP contribution >= 0.6 is 0 Å². The Balaban J connectivity index is 1.50. The highest BCUT2D eigenvalue weighted by Crippen LogP contribution is 2.36. The first-order valence-electron chi connectivity index (χ1n) is 13.9. The van der Waals surface area contributed by atoms with Gasteiger partial charge in [0.05, 0.1) is 0 Å². The lowest BCUT2D eigenvalue weighted by Crippen LogP contribution is -2.15. The molecular weight excluding hydrogens is 444 g/mol. The molecule has 0 spiro atoms. The molecule has 37 heavy (non-hydrogen) atoms. The molecule has 0 radical (unpaired) electrons. The molecule has 0 nitrogen and oxygen atoms in total. The van der Waals surface area contributed by atoms with Gasteiger partial charge in [0.15, 0.2) is 0 Å². The zero-order valence-corrected chi connectivity index (χ0v) is 23.1. The van der Waals surface area contributed by atoms with E-state index in [0.29, 0.717) is 5.92 Å². The molecular formula is C37H40. The Bertz CT molecular complexity index is 1440. The van der Waals surface area contributed by atoms with E-state index in [1.165, 1.54) is 54.9 Å². The summed E-state index contributed by atoms with van der Waals surface area (Å²) in [5, 5.41) is 5.59. The molecule has 0 aliphatic rings. The third kappa shape index (κ3) is 5.21. The van der Waals surface area contributed by atoms with Gasteiger partial charge >= 0.3 is 0 Å². The normalized spacial score (nSPS) is 12.8. The van der Waals surface area contributed by atoms with Crippen molar-refractivity contribution in [1.29, 1.82) is 0 Å². The fourth-order valence-electron chi connectivity index (χ4n) is 5.83. The predicted molar refractivity (Wildman–Crippen MR) is 162 cm³/mol. The second-order valence-electron chi connectivity index (χ2n) is 11.5. The molecule has 5 aromatic rings. The zero-order chi connectivity index (χ0) is 26.0. The summed E-state index contributed by atoms with van der Waals surface area (Å²) in [4.78, 5) is 0. The quantitative estimate of drug-likeness (QED) is 0.192. The minimum Gasteiger partial charge on any atom is -0.0646 e. The molecule has 0 amide bonds. The predicted octanol–water partition coefficient (Wildman–Crippen LogP) is 10.3. The molecule has 0 aromatic heterocycles. The van der Waals surface area contributed by atoms with Gasteiger partial charge in [-0.15, -0.1) is 0 Å². The van der Waals surface area contributed by atoms with Crippen molar-refractivity contribution in [3.8, 4) is 0 Å². The first kappa shape index (κ1) is 25.3. The van der Waals surface area contributed by atoms with Gasteiger partial charge in [0.2, 0.25) is 0 Å². The molecule has 188 valence electrons. The van der Waals surface area contributed by atoms with E-state index in [9.17, 15) is 0 Å². The Kier molecular flexibility index (Phi) is 7.20. The molecule has 0 bridgehead atoms. The van der Waals surface area contributed by atoms with Gasteiger partial charge in [-0.1, -0.05) is 123 Å². The van der Waals surface area contributed by atoms with Gasteiger partial charge < -0.3 is 0 Å². The van der Waals surface area contributed by atoms with Crippen LogP contribution in [0, 0.1) is 13.8 Å². The molecule has 1 atom stereocenters. The summed E-state index contributed by atoms with van der Waals surface area (Å²) in [6.45, 7) is 11.4. The maximum Gasteiger partial charge on any atom is -0.0106 e. The maximum atomic E-state index is 2.37. The Labute approximate surface area is 223 Å². The van der Waals surface area contributed by atoms with Gasteiger partial charge in [0.1, 0.15) is 0 Å². The largest absolute Gasteiger partial charge is 0.0646 e. The maximum absolute atomic E-state index is 2.37. The van der Waals surface area contributed by atoms with Crippen molar-refractivity contribution in [2.75, 3.05) is 0 Å². The summed E-state index contributed by atoms with van der Waals surface area (Å²) < 4.78 is 0. The van der Waals surface area contributed by atoms with Crippen LogP contribution in [-0.2, 0) is 18.3 Å². The van der Waals surface area contributed by atoms with Crippen LogP contribution in [0.2, 0.25) is 0 Å². The second kappa shape index (κ2) is 10.5. The number of aryl methyl sites for hydroxylation is 3. The van der Waals surface area contributed by atoms with E-state index < -0.39 is 0 Å². The van der Waals surface area contributed by atoms with Gasteiger partial charge in [-0.25, -0.2) is 0 Å². The first-order valence-corrected chi connectivity index (χ1v) is 13.9. The van der Waals surface area contributed by atoms with Crippen LogP contribution in [0.3, 0.4) is 0 Å². The van der Waals surface area contributed by atoms with E-state index in [1.807, 2.05) is 0 Å². The van der Waals surface area contributed by atoms with E-state index in [0.717, 1.165) is 25.7 Å². The summed E-state index contributed by atoms with van der Waals surface area (Å²) in [7, 11) is 0.